The SMILES string of the molecule is CC(N)C1CCN(C(=O)C2CC(=O)N(c3cccc(Br)c3)C2)CC1. The summed E-state index contributed by atoms with van der Waals surface area (Å²) in [7, 11) is 0. The molecule has 1 aromatic carbocycles. The summed E-state index contributed by atoms with van der Waals surface area (Å²) >= 11 is 3.43. The highest BCUT2D eigenvalue weighted by Gasteiger charge is 2.38. The zero-order valence-electron chi connectivity index (χ0n) is 14.0. The Labute approximate surface area is 151 Å². The molecule has 24 heavy (non-hydrogen) atoms. The molecule has 6 heteroatoms. The summed E-state index contributed by atoms with van der Waals surface area (Å²) in [5, 5.41) is 0. The molecule has 130 valence electrons. The third-order valence-corrected chi connectivity index (χ3v) is 5.68. The van der Waals surface area contributed by atoms with Crippen LogP contribution in [0.4, 0.5) is 5.69 Å². The van der Waals surface area contributed by atoms with E-state index < -0.39 is 0 Å². The molecule has 2 N–H and O–H groups in total. The second kappa shape index (κ2) is 7.23. The lowest BCUT2D eigenvalue weighted by atomic mass is 9.90. The first-order valence-corrected chi connectivity index (χ1v) is 9.35. The van der Waals surface area contributed by atoms with Crippen LogP contribution in [-0.4, -0.2) is 42.4 Å². The summed E-state index contributed by atoms with van der Waals surface area (Å²) in [6.07, 6.45) is 2.22. The van der Waals surface area contributed by atoms with E-state index in [-0.39, 0.29) is 23.8 Å². The van der Waals surface area contributed by atoms with Crippen molar-refractivity contribution in [3.05, 3.63) is 28.7 Å². The minimum absolute atomic E-state index is 0.0249. The number of nitrogens with zero attached hydrogens (tertiary/aromatic N) is 2. The molecule has 2 atom stereocenters. The molecule has 0 aromatic heterocycles. The van der Waals surface area contributed by atoms with Crippen LogP contribution in [0.5, 0.6) is 0 Å². The molecule has 0 radical (unpaired) electrons. The Balaban J connectivity index is 1.62. The quantitative estimate of drug-likeness (QED) is 0.856. The smallest absolute Gasteiger partial charge is 0.228 e. The lowest BCUT2D eigenvalue weighted by Crippen LogP contribution is -2.45. The van der Waals surface area contributed by atoms with Gasteiger partial charge >= 0.3 is 0 Å². The van der Waals surface area contributed by atoms with Crippen LogP contribution in [0.2, 0.25) is 0 Å². The van der Waals surface area contributed by atoms with Gasteiger partial charge in [0, 0.05) is 42.3 Å². The van der Waals surface area contributed by atoms with E-state index in [9.17, 15) is 9.59 Å². The molecule has 0 spiro atoms. The van der Waals surface area contributed by atoms with Crippen molar-refractivity contribution in [1.29, 1.82) is 0 Å². The zero-order chi connectivity index (χ0) is 17.3. The summed E-state index contributed by atoms with van der Waals surface area (Å²) in [6.45, 7) is 4.02. The van der Waals surface area contributed by atoms with Gasteiger partial charge < -0.3 is 15.5 Å². The van der Waals surface area contributed by atoms with Gasteiger partial charge in [0.25, 0.3) is 0 Å². The van der Waals surface area contributed by atoms with Gasteiger partial charge in [0.1, 0.15) is 0 Å². The first-order chi connectivity index (χ1) is 11.5. The topological polar surface area (TPSA) is 66.6 Å². The number of benzene rings is 1. The molecule has 1 aromatic rings. The molecule has 3 rings (SSSR count). The van der Waals surface area contributed by atoms with Crippen LogP contribution in [0.1, 0.15) is 26.2 Å². The molecular formula is C18H24BrN3O2. The Morgan fingerprint density at radius 1 is 1.33 bits per heavy atom. The number of halogens is 1. The van der Waals surface area contributed by atoms with Gasteiger partial charge in [-0.2, -0.15) is 0 Å². The molecule has 0 bridgehead atoms. The fourth-order valence-electron chi connectivity index (χ4n) is 3.67. The highest BCUT2D eigenvalue weighted by Crippen LogP contribution is 2.29. The van der Waals surface area contributed by atoms with E-state index >= 15 is 0 Å². The number of amides is 2. The molecule has 0 saturated carbocycles. The molecule has 0 aliphatic carbocycles. The fraction of sp³-hybridized carbons (Fsp3) is 0.556. The van der Waals surface area contributed by atoms with Crippen LogP contribution in [0.25, 0.3) is 0 Å². The van der Waals surface area contributed by atoms with Crippen molar-refractivity contribution >= 4 is 33.4 Å². The van der Waals surface area contributed by atoms with Crippen LogP contribution in [0.3, 0.4) is 0 Å². The van der Waals surface area contributed by atoms with Gasteiger partial charge in [-0.05, 0) is 43.9 Å². The van der Waals surface area contributed by atoms with Crippen LogP contribution >= 0.6 is 15.9 Å². The maximum Gasteiger partial charge on any atom is 0.228 e. The number of piperidine rings is 1. The van der Waals surface area contributed by atoms with Gasteiger partial charge in [-0.1, -0.05) is 22.0 Å². The van der Waals surface area contributed by atoms with Gasteiger partial charge in [-0.3, -0.25) is 9.59 Å². The lowest BCUT2D eigenvalue weighted by molar-refractivity contribution is -0.137. The standard InChI is InChI=1S/C18H24BrN3O2/c1-12(20)13-5-7-21(8-6-13)18(24)14-9-17(23)22(11-14)16-4-2-3-15(19)10-16/h2-4,10,12-14H,5-9,11,20H2,1H3. The molecule has 2 unspecified atom stereocenters. The number of likely N-dealkylation sites (tertiary alicyclic amines) is 1. The van der Waals surface area contributed by atoms with Crippen LogP contribution < -0.4 is 10.6 Å². The predicted molar refractivity (Wildman–Crippen MR) is 97.6 cm³/mol. The maximum atomic E-state index is 12.8. The number of rotatable bonds is 3. The van der Waals surface area contributed by atoms with Crippen LogP contribution in [-0.2, 0) is 9.59 Å². The fourth-order valence-corrected chi connectivity index (χ4v) is 4.06. The van der Waals surface area contributed by atoms with Crippen molar-refractivity contribution < 1.29 is 9.59 Å². The molecular weight excluding hydrogens is 370 g/mol. The second-order valence-corrected chi connectivity index (χ2v) is 7.82. The van der Waals surface area contributed by atoms with Crippen molar-refractivity contribution in [3.8, 4) is 0 Å². The Hall–Kier alpha value is -1.40. The number of carbonyl (C=O) groups is 2. The van der Waals surface area contributed by atoms with E-state index in [1.165, 1.54) is 0 Å². The molecule has 2 aliphatic rings. The Morgan fingerprint density at radius 3 is 2.67 bits per heavy atom. The monoisotopic (exact) mass is 393 g/mol. The average molecular weight is 394 g/mol. The van der Waals surface area contributed by atoms with Crippen molar-refractivity contribution in [3.63, 3.8) is 0 Å². The van der Waals surface area contributed by atoms with Gasteiger partial charge in [0.2, 0.25) is 11.8 Å². The van der Waals surface area contributed by atoms with E-state index in [4.69, 9.17) is 5.73 Å². The number of nitrogens with two attached hydrogens (primary N) is 1. The summed E-state index contributed by atoms with van der Waals surface area (Å²) < 4.78 is 0.931. The first-order valence-electron chi connectivity index (χ1n) is 8.56. The molecule has 2 heterocycles. The number of hydrogen-bond donors (Lipinski definition) is 1. The van der Waals surface area contributed by atoms with Gasteiger partial charge in [0.15, 0.2) is 0 Å². The average Bonchev–Trinajstić information content (AvgIpc) is 2.96. The molecule has 5 nitrogen and oxygen atoms in total. The van der Waals surface area contributed by atoms with Crippen molar-refractivity contribution in [2.45, 2.75) is 32.2 Å². The first kappa shape index (κ1) is 17.4. The van der Waals surface area contributed by atoms with Crippen LogP contribution in [0.15, 0.2) is 28.7 Å². The Morgan fingerprint density at radius 2 is 2.04 bits per heavy atom. The van der Waals surface area contributed by atoms with E-state index in [0.717, 1.165) is 36.1 Å². The number of anilines is 1. The van der Waals surface area contributed by atoms with E-state index in [1.807, 2.05) is 36.1 Å². The number of carbonyl (C=O) groups excluding carboxylic acids is 2. The van der Waals surface area contributed by atoms with Gasteiger partial charge in [0.05, 0.1) is 5.92 Å². The van der Waals surface area contributed by atoms with Gasteiger partial charge in [-0.25, -0.2) is 0 Å². The third kappa shape index (κ3) is 3.64. The van der Waals surface area contributed by atoms with E-state index in [2.05, 4.69) is 15.9 Å². The van der Waals surface area contributed by atoms with Crippen molar-refractivity contribution in [2.24, 2.45) is 17.6 Å². The molecule has 2 aliphatic heterocycles. The van der Waals surface area contributed by atoms with Crippen molar-refractivity contribution in [2.75, 3.05) is 24.5 Å². The second-order valence-electron chi connectivity index (χ2n) is 6.91. The molecule has 2 amide bonds. The van der Waals surface area contributed by atoms with E-state index in [0.29, 0.717) is 18.9 Å². The van der Waals surface area contributed by atoms with E-state index in [1.54, 1.807) is 4.90 Å². The normalized spacial score (nSPS) is 23.6. The van der Waals surface area contributed by atoms with Gasteiger partial charge in [-0.15, -0.1) is 0 Å². The largest absolute Gasteiger partial charge is 0.342 e. The minimum atomic E-state index is -0.233. The predicted octanol–water partition coefficient (Wildman–Crippen LogP) is 2.39. The highest BCUT2D eigenvalue weighted by molar-refractivity contribution is 9.10. The number of hydrogen-bond acceptors (Lipinski definition) is 3. The molecule has 2 fully saturated rings. The highest BCUT2D eigenvalue weighted by atomic mass is 79.9. The third-order valence-electron chi connectivity index (χ3n) is 5.19. The summed E-state index contributed by atoms with van der Waals surface area (Å²) in [4.78, 5) is 28.8. The minimum Gasteiger partial charge on any atom is -0.342 e. The summed E-state index contributed by atoms with van der Waals surface area (Å²) in [5.41, 5.74) is 6.81. The maximum absolute atomic E-state index is 12.8. The van der Waals surface area contributed by atoms with Crippen LogP contribution in [0, 0.1) is 11.8 Å². The summed E-state index contributed by atoms with van der Waals surface area (Å²) in [5.74, 6) is 0.404. The van der Waals surface area contributed by atoms with Crippen molar-refractivity contribution in [1.82, 2.24) is 4.90 Å². The molecule has 2 saturated heterocycles. The Bertz CT molecular complexity index is 626. The summed E-state index contributed by atoms with van der Waals surface area (Å²) in [6, 6.07) is 7.83. The Kier molecular flexibility index (Phi) is 5.25. The lowest BCUT2D eigenvalue weighted by Gasteiger charge is -2.35. The zero-order valence-corrected chi connectivity index (χ0v) is 15.5.